The Labute approximate surface area is 117 Å². The van der Waals surface area contributed by atoms with E-state index < -0.39 is 0 Å². The summed E-state index contributed by atoms with van der Waals surface area (Å²) in [4.78, 5) is 3.92. The number of aryl methyl sites for hydroxylation is 1. The van der Waals surface area contributed by atoms with Gasteiger partial charge in [0.15, 0.2) is 5.75 Å². The van der Waals surface area contributed by atoms with Crippen molar-refractivity contribution in [1.82, 2.24) is 20.1 Å². The number of pyridine rings is 1. The number of halogens is 1. The Morgan fingerprint density at radius 3 is 2.75 bits per heavy atom. The van der Waals surface area contributed by atoms with Crippen LogP contribution in [0.2, 0.25) is 0 Å². The molecule has 0 amide bonds. The topological polar surface area (TPSA) is 52.0 Å². The second-order valence-corrected chi connectivity index (χ2v) is 4.34. The van der Waals surface area contributed by atoms with Crippen molar-refractivity contribution in [3.8, 4) is 5.75 Å². The van der Waals surface area contributed by atoms with Crippen LogP contribution in [0.1, 0.15) is 31.1 Å². The molecule has 0 aliphatic rings. The number of rotatable bonds is 6. The molecule has 2 rings (SSSR count). The highest BCUT2D eigenvalue weighted by molar-refractivity contribution is 5.35. The van der Waals surface area contributed by atoms with Gasteiger partial charge < -0.3 is 10.1 Å². The molecule has 20 heavy (non-hydrogen) atoms. The Morgan fingerprint density at radius 1 is 1.35 bits per heavy atom. The van der Waals surface area contributed by atoms with E-state index in [-0.39, 0.29) is 11.9 Å². The Kier molecular flexibility index (Phi) is 4.68. The number of methoxy groups -OCH3 is 1. The average Bonchev–Trinajstić information content (AvgIpc) is 2.87. The third-order valence-electron chi connectivity index (χ3n) is 3.11. The van der Waals surface area contributed by atoms with E-state index in [9.17, 15) is 4.39 Å². The molecule has 2 aromatic heterocycles. The van der Waals surface area contributed by atoms with Crippen molar-refractivity contribution in [2.24, 2.45) is 0 Å². The van der Waals surface area contributed by atoms with Gasteiger partial charge in [-0.15, -0.1) is 0 Å². The van der Waals surface area contributed by atoms with Gasteiger partial charge in [0.2, 0.25) is 0 Å². The summed E-state index contributed by atoms with van der Waals surface area (Å²) < 4.78 is 20.6. The largest absolute Gasteiger partial charge is 0.493 e. The summed E-state index contributed by atoms with van der Waals surface area (Å²) in [6, 6.07) is 1.27. The lowest BCUT2D eigenvalue weighted by atomic mass is 10.0. The summed E-state index contributed by atoms with van der Waals surface area (Å²) in [6.45, 7) is 5.45. The SMILES string of the molecule is CCNC(c1cncc(F)c1)c1c(OC)cnn1CC. The van der Waals surface area contributed by atoms with E-state index in [0.717, 1.165) is 17.8 Å². The van der Waals surface area contributed by atoms with Crippen LogP contribution in [0.5, 0.6) is 5.75 Å². The molecule has 2 aromatic rings. The maximum absolute atomic E-state index is 13.4. The van der Waals surface area contributed by atoms with Crippen molar-refractivity contribution in [1.29, 1.82) is 0 Å². The normalized spacial score (nSPS) is 12.4. The van der Waals surface area contributed by atoms with Gasteiger partial charge in [0.1, 0.15) is 11.5 Å². The Balaban J connectivity index is 2.50. The van der Waals surface area contributed by atoms with Crippen LogP contribution in [0.25, 0.3) is 0 Å². The van der Waals surface area contributed by atoms with Gasteiger partial charge in [-0.05, 0) is 25.1 Å². The van der Waals surface area contributed by atoms with Crippen molar-refractivity contribution in [3.63, 3.8) is 0 Å². The van der Waals surface area contributed by atoms with Gasteiger partial charge in [-0.2, -0.15) is 5.10 Å². The summed E-state index contributed by atoms with van der Waals surface area (Å²) in [7, 11) is 1.60. The summed E-state index contributed by atoms with van der Waals surface area (Å²) >= 11 is 0. The highest BCUT2D eigenvalue weighted by atomic mass is 19.1. The molecule has 0 spiro atoms. The molecule has 108 valence electrons. The second-order valence-electron chi connectivity index (χ2n) is 4.34. The summed E-state index contributed by atoms with van der Waals surface area (Å²) in [5.74, 6) is 0.328. The van der Waals surface area contributed by atoms with E-state index in [4.69, 9.17) is 4.74 Å². The quantitative estimate of drug-likeness (QED) is 0.879. The number of hydrogen-bond acceptors (Lipinski definition) is 4. The molecular weight excluding hydrogens is 259 g/mol. The lowest BCUT2D eigenvalue weighted by Gasteiger charge is -2.20. The van der Waals surface area contributed by atoms with Gasteiger partial charge >= 0.3 is 0 Å². The number of nitrogens with zero attached hydrogens (tertiary/aromatic N) is 3. The summed E-state index contributed by atoms with van der Waals surface area (Å²) in [5, 5.41) is 7.62. The van der Waals surface area contributed by atoms with E-state index in [1.165, 1.54) is 12.3 Å². The number of hydrogen-bond donors (Lipinski definition) is 1. The minimum absolute atomic E-state index is 0.208. The molecule has 1 atom stereocenters. The van der Waals surface area contributed by atoms with Gasteiger partial charge in [-0.3, -0.25) is 9.67 Å². The predicted molar refractivity (Wildman–Crippen MR) is 74.2 cm³/mol. The predicted octanol–water partition coefficient (Wildman–Crippen LogP) is 2.14. The molecule has 5 nitrogen and oxygen atoms in total. The average molecular weight is 278 g/mol. The van der Waals surface area contributed by atoms with Crippen LogP contribution < -0.4 is 10.1 Å². The number of aromatic nitrogens is 3. The van der Waals surface area contributed by atoms with Gasteiger partial charge in [0.25, 0.3) is 0 Å². The molecule has 0 radical (unpaired) electrons. The first-order valence-corrected chi connectivity index (χ1v) is 6.64. The smallest absolute Gasteiger partial charge is 0.161 e. The van der Waals surface area contributed by atoms with Crippen LogP contribution >= 0.6 is 0 Å². The van der Waals surface area contributed by atoms with Crippen LogP contribution in [0.15, 0.2) is 24.7 Å². The summed E-state index contributed by atoms with van der Waals surface area (Å²) in [6.07, 6.45) is 4.53. The molecule has 0 aliphatic heterocycles. The molecule has 0 fully saturated rings. The van der Waals surface area contributed by atoms with Crippen LogP contribution in [-0.4, -0.2) is 28.4 Å². The molecule has 0 saturated carbocycles. The van der Waals surface area contributed by atoms with Crippen molar-refractivity contribution in [2.45, 2.75) is 26.4 Å². The molecule has 0 aromatic carbocycles. The minimum atomic E-state index is -0.355. The maximum Gasteiger partial charge on any atom is 0.161 e. The maximum atomic E-state index is 13.4. The Hall–Kier alpha value is -1.95. The van der Waals surface area contributed by atoms with Gasteiger partial charge in [-0.1, -0.05) is 6.92 Å². The number of ether oxygens (including phenoxy) is 1. The standard InChI is InChI=1S/C14H19FN4O/c1-4-17-13(10-6-11(15)8-16-7-10)14-12(20-3)9-18-19(14)5-2/h6-9,13,17H,4-5H2,1-3H3. The zero-order valence-corrected chi connectivity index (χ0v) is 11.9. The second kappa shape index (κ2) is 6.47. The Bertz CT molecular complexity index is 549. The Morgan fingerprint density at radius 2 is 2.15 bits per heavy atom. The first-order valence-electron chi connectivity index (χ1n) is 6.64. The number of nitrogens with one attached hydrogen (secondary N) is 1. The zero-order valence-electron chi connectivity index (χ0n) is 11.9. The van der Waals surface area contributed by atoms with Gasteiger partial charge in [0, 0.05) is 12.7 Å². The van der Waals surface area contributed by atoms with E-state index in [1.807, 2.05) is 18.5 Å². The van der Waals surface area contributed by atoms with Gasteiger partial charge in [0.05, 0.1) is 25.5 Å². The van der Waals surface area contributed by atoms with E-state index >= 15 is 0 Å². The molecule has 2 heterocycles. The van der Waals surface area contributed by atoms with E-state index in [1.54, 1.807) is 19.5 Å². The van der Waals surface area contributed by atoms with Crippen molar-refractivity contribution in [2.75, 3.05) is 13.7 Å². The molecule has 0 aliphatic carbocycles. The lowest BCUT2D eigenvalue weighted by molar-refractivity contribution is 0.399. The lowest BCUT2D eigenvalue weighted by Crippen LogP contribution is -2.25. The van der Waals surface area contributed by atoms with E-state index in [2.05, 4.69) is 15.4 Å². The molecule has 1 unspecified atom stereocenters. The molecule has 6 heteroatoms. The van der Waals surface area contributed by atoms with Crippen molar-refractivity contribution < 1.29 is 9.13 Å². The molecule has 1 N–H and O–H groups in total. The highest BCUT2D eigenvalue weighted by Gasteiger charge is 2.23. The first kappa shape index (κ1) is 14.5. The van der Waals surface area contributed by atoms with Crippen molar-refractivity contribution >= 4 is 0 Å². The van der Waals surface area contributed by atoms with E-state index in [0.29, 0.717) is 12.3 Å². The molecular formula is C14H19FN4O. The van der Waals surface area contributed by atoms with Crippen LogP contribution in [0.4, 0.5) is 4.39 Å². The highest BCUT2D eigenvalue weighted by Crippen LogP contribution is 2.29. The zero-order chi connectivity index (χ0) is 14.5. The fourth-order valence-corrected chi connectivity index (χ4v) is 2.24. The third-order valence-corrected chi connectivity index (χ3v) is 3.11. The third kappa shape index (κ3) is 2.80. The minimum Gasteiger partial charge on any atom is -0.493 e. The first-order chi connectivity index (χ1) is 9.71. The summed E-state index contributed by atoms with van der Waals surface area (Å²) in [5.41, 5.74) is 1.63. The van der Waals surface area contributed by atoms with Crippen LogP contribution in [0, 0.1) is 5.82 Å². The van der Waals surface area contributed by atoms with Crippen LogP contribution in [0.3, 0.4) is 0 Å². The van der Waals surface area contributed by atoms with Crippen LogP contribution in [-0.2, 0) is 6.54 Å². The fourth-order valence-electron chi connectivity index (χ4n) is 2.24. The molecule has 0 saturated heterocycles. The van der Waals surface area contributed by atoms with Crippen molar-refractivity contribution in [3.05, 3.63) is 41.7 Å². The monoisotopic (exact) mass is 278 g/mol. The van der Waals surface area contributed by atoms with Gasteiger partial charge in [-0.25, -0.2) is 4.39 Å². The molecule has 0 bridgehead atoms. The fraction of sp³-hybridized carbons (Fsp3) is 0.429.